The predicted octanol–water partition coefficient (Wildman–Crippen LogP) is 4.27. The van der Waals surface area contributed by atoms with Crippen molar-refractivity contribution in [2.24, 2.45) is 10.2 Å². The molecule has 0 atom stereocenters. The molecule has 3 aromatic rings. The molecule has 0 saturated carbocycles. The molecule has 0 aliphatic carbocycles. The molecule has 40 heavy (non-hydrogen) atoms. The van der Waals surface area contributed by atoms with Crippen molar-refractivity contribution in [2.45, 2.75) is 11.5 Å². The van der Waals surface area contributed by atoms with E-state index in [-0.39, 0.29) is 34.7 Å². The number of nitrogens with one attached hydrogen (secondary N) is 2. The minimum absolute atomic E-state index is 0.0256. The zero-order valence-electron chi connectivity index (χ0n) is 21.0. The van der Waals surface area contributed by atoms with Gasteiger partial charge in [0, 0.05) is 35.8 Å². The standard InChI is InChI=1S/C26H24N6O6S2/c33-25(17-39-15-21-5-9-23(10-6-21)31(35)36)29-27-13-19-1-2-20(4-3-19)14-28-30-26(34)18-40-16-22-7-11-24(12-8-22)32(37)38/h1-14H,15-18H2,(H,29,33)(H,30,34)/b27-13-,28-14-. The van der Waals surface area contributed by atoms with Gasteiger partial charge in [0.15, 0.2) is 0 Å². The number of thioether (sulfide) groups is 2. The number of nitro groups is 2. The molecule has 12 nitrogen and oxygen atoms in total. The van der Waals surface area contributed by atoms with Crippen molar-refractivity contribution in [2.75, 3.05) is 11.5 Å². The number of nitrogens with zero attached hydrogens (tertiary/aromatic N) is 4. The Bertz CT molecular complexity index is 1270. The maximum Gasteiger partial charge on any atom is 0.269 e. The lowest BCUT2D eigenvalue weighted by molar-refractivity contribution is -0.385. The number of hydrogen-bond acceptors (Lipinski definition) is 10. The monoisotopic (exact) mass is 580 g/mol. The Kier molecular flexibility index (Phi) is 11.8. The average molecular weight is 581 g/mol. The minimum Gasteiger partial charge on any atom is -0.272 e. The van der Waals surface area contributed by atoms with Crippen molar-refractivity contribution >= 4 is 59.1 Å². The Morgan fingerprint density at radius 3 is 1.32 bits per heavy atom. The number of non-ortho nitro benzene ring substituents is 2. The summed E-state index contributed by atoms with van der Waals surface area (Å²) >= 11 is 2.74. The first-order chi connectivity index (χ1) is 19.3. The quantitative estimate of drug-likeness (QED) is 0.162. The van der Waals surface area contributed by atoms with Gasteiger partial charge in [0.25, 0.3) is 11.4 Å². The van der Waals surface area contributed by atoms with E-state index in [2.05, 4.69) is 21.1 Å². The van der Waals surface area contributed by atoms with Crippen molar-refractivity contribution in [3.63, 3.8) is 0 Å². The molecule has 0 spiro atoms. The average Bonchev–Trinajstić information content (AvgIpc) is 2.94. The Hall–Kier alpha value is -4.56. The summed E-state index contributed by atoms with van der Waals surface area (Å²) < 4.78 is 0. The van der Waals surface area contributed by atoms with E-state index in [0.29, 0.717) is 11.5 Å². The van der Waals surface area contributed by atoms with E-state index in [9.17, 15) is 29.8 Å². The van der Waals surface area contributed by atoms with Crippen LogP contribution in [0.3, 0.4) is 0 Å². The SMILES string of the molecule is O=C(CSCc1ccc([N+](=O)[O-])cc1)N/N=C\c1ccc(/C=N\NC(=O)CSCc2ccc([N+](=O)[O-])cc2)cc1. The summed E-state index contributed by atoms with van der Waals surface area (Å²) in [5.74, 6) is 0.914. The second-order valence-corrected chi connectivity index (χ2v) is 10.1. The summed E-state index contributed by atoms with van der Waals surface area (Å²) in [6.07, 6.45) is 3.01. The first-order valence-electron chi connectivity index (χ1n) is 11.7. The molecule has 0 unspecified atom stereocenters. The van der Waals surface area contributed by atoms with Crippen LogP contribution in [0.4, 0.5) is 11.4 Å². The lowest BCUT2D eigenvalue weighted by Crippen LogP contribution is -2.19. The molecule has 0 heterocycles. The number of amides is 2. The smallest absolute Gasteiger partial charge is 0.269 e. The van der Waals surface area contributed by atoms with Crippen LogP contribution in [0, 0.1) is 20.2 Å². The van der Waals surface area contributed by atoms with Crippen molar-refractivity contribution in [3.8, 4) is 0 Å². The van der Waals surface area contributed by atoms with Crippen molar-refractivity contribution in [3.05, 3.63) is 115 Å². The fourth-order valence-electron chi connectivity index (χ4n) is 3.04. The molecule has 14 heteroatoms. The number of carbonyl (C=O) groups is 2. The molecule has 0 aliphatic heterocycles. The highest BCUT2D eigenvalue weighted by atomic mass is 32.2. The Morgan fingerprint density at radius 1 is 0.650 bits per heavy atom. The van der Waals surface area contributed by atoms with E-state index in [1.54, 1.807) is 48.5 Å². The van der Waals surface area contributed by atoms with Crippen LogP contribution in [0.25, 0.3) is 0 Å². The van der Waals surface area contributed by atoms with Crippen molar-refractivity contribution in [1.29, 1.82) is 0 Å². The number of carbonyl (C=O) groups excluding carboxylic acids is 2. The molecule has 3 aromatic carbocycles. The highest BCUT2D eigenvalue weighted by Gasteiger charge is 2.06. The third-order valence-electron chi connectivity index (χ3n) is 5.04. The summed E-state index contributed by atoms with van der Waals surface area (Å²) in [7, 11) is 0. The van der Waals surface area contributed by atoms with Gasteiger partial charge < -0.3 is 0 Å². The lowest BCUT2D eigenvalue weighted by atomic mass is 10.2. The Labute approximate surface area is 237 Å². The molecular formula is C26H24N6O6S2. The van der Waals surface area contributed by atoms with E-state index >= 15 is 0 Å². The molecular weight excluding hydrogens is 556 g/mol. The predicted molar refractivity (Wildman–Crippen MR) is 156 cm³/mol. The highest BCUT2D eigenvalue weighted by molar-refractivity contribution is 7.99. The lowest BCUT2D eigenvalue weighted by Gasteiger charge is -2.02. The van der Waals surface area contributed by atoms with Gasteiger partial charge in [-0.3, -0.25) is 29.8 Å². The molecule has 0 saturated heterocycles. The van der Waals surface area contributed by atoms with Gasteiger partial charge in [-0.2, -0.15) is 10.2 Å². The number of hydrazone groups is 2. The highest BCUT2D eigenvalue weighted by Crippen LogP contribution is 2.17. The second kappa shape index (κ2) is 15.8. The van der Waals surface area contributed by atoms with Gasteiger partial charge in [0.2, 0.25) is 11.8 Å². The summed E-state index contributed by atoms with van der Waals surface area (Å²) in [6.45, 7) is 0. The first kappa shape index (κ1) is 30.0. The number of nitro benzene ring substituents is 2. The maximum atomic E-state index is 12.0. The molecule has 2 N–H and O–H groups in total. The summed E-state index contributed by atoms with van der Waals surface area (Å²) in [5, 5.41) is 29.2. The van der Waals surface area contributed by atoms with E-state index in [4.69, 9.17) is 0 Å². The van der Waals surface area contributed by atoms with E-state index in [1.807, 2.05) is 0 Å². The van der Waals surface area contributed by atoms with Crippen LogP contribution in [-0.2, 0) is 21.1 Å². The van der Waals surface area contributed by atoms with Crippen LogP contribution in [0.2, 0.25) is 0 Å². The normalized spacial score (nSPS) is 11.0. The van der Waals surface area contributed by atoms with Gasteiger partial charge in [-0.15, -0.1) is 23.5 Å². The third-order valence-corrected chi connectivity index (χ3v) is 7.05. The van der Waals surface area contributed by atoms with Crippen molar-refractivity contribution < 1.29 is 19.4 Å². The van der Waals surface area contributed by atoms with Gasteiger partial charge in [-0.1, -0.05) is 48.5 Å². The molecule has 0 aromatic heterocycles. The van der Waals surface area contributed by atoms with Gasteiger partial charge in [0.1, 0.15) is 0 Å². The molecule has 3 rings (SSSR count). The molecule has 0 fully saturated rings. The van der Waals surface area contributed by atoms with E-state index < -0.39 is 9.85 Å². The van der Waals surface area contributed by atoms with Crippen molar-refractivity contribution in [1.82, 2.24) is 10.9 Å². The maximum absolute atomic E-state index is 12.0. The Morgan fingerprint density at radius 2 is 1.00 bits per heavy atom. The zero-order valence-corrected chi connectivity index (χ0v) is 22.6. The largest absolute Gasteiger partial charge is 0.272 e. The van der Waals surface area contributed by atoms with E-state index in [0.717, 1.165) is 22.3 Å². The molecule has 0 aliphatic rings. The number of hydrogen-bond donors (Lipinski definition) is 2. The Balaban J connectivity index is 1.31. The van der Waals surface area contributed by atoms with Crippen LogP contribution in [-0.4, -0.2) is 45.6 Å². The summed E-state index contributed by atoms with van der Waals surface area (Å²) in [4.78, 5) is 44.4. The molecule has 206 valence electrons. The topological polar surface area (TPSA) is 169 Å². The van der Waals surface area contributed by atoms with Crippen LogP contribution < -0.4 is 10.9 Å². The number of benzene rings is 3. The minimum atomic E-state index is -0.458. The van der Waals surface area contributed by atoms with Gasteiger partial charge in [-0.25, -0.2) is 10.9 Å². The first-order valence-corrected chi connectivity index (χ1v) is 14.0. The summed E-state index contributed by atoms with van der Waals surface area (Å²) in [5.41, 5.74) is 8.23. The van der Waals surface area contributed by atoms with Gasteiger partial charge in [-0.05, 0) is 22.3 Å². The van der Waals surface area contributed by atoms with Gasteiger partial charge in [0.05, 0.1) is 33.8 Å². The van der Waals surface area contributed by atoms with Crippen LogP contribution in [0.15, 0.2) is 83.0 Å². The molecule has 2 amide bonds. The molecule has 0 radical (unpaired) electrons. The van der Waals surface area contributed by atoms with E-state index in [1.165, 1.54) is 60.2 Å². The second-order valence-electron chi connectivity index (χ2n) is 8.09. The molecule has 0 bridgehead atoms. The fourth-order valence-corrected chi connectivity index (χ4v) is 4.60. The van der Waals surface area contributed by atoms with Crippen LogP contribution in [0.1, 0.15) is 22.3 Å². The van der Waals surface area contributed by atoms with Crippen LogP contribution in [0.5, 0.6) is 0 Å². The zero-order chi connectivity index (χ0) is 28.7. The number of rotatable bonds is 14. The van der Waals surface area contributed by atoms with Gasteiger partial charge >= 0.3 is 0 Å². The van der Waals surface area contributed by atoms with Crippen LogP contribution >= 0.6 is 23.5 Å². The third kappa shape index (κ3) is 10.7. The fraction of sp³-hybridized carbons (Fsp3) is 0.154. The summed E-state index contributed by atoms with van der Waals surface area (Å²) in [6, 6.07) is 19.5.